The molecule has 0 spiro atoms. The second-order valence-corrected chi connectivity index (χ2v) is 8.10. The van der Waals surface area contributed by atoms with Gasteiger partial charge in [-0.3, -0.25) is 4.79 Å². The number of nitrogens with zero attached hydrogens (tertiary/aromatic N) is 5. The van der Waals surface area contributed by atoms with Crippen molar-refractivity contribution in [1.29, 1.82) is 0 Å². The Hall–Kier alpha value is -1.80. The molecule has 2 aromatic heterocycles. The number of carbonyl (C=O) groups excluding carboxylic acids is 1. The molecule has 1 aliphatic heterocycles. The van der Waals surface area contributed by atoms with E-state index in [2.05, 4.69) is 34.2 Å². The SMILES string of the molecule is Cc1csc(CCC(=O)N2CCC[C@H](NCc3ncnn3C(C)C)C2)n1. The van der Waals surface area contributed by atoms with E-state index in [9.17, 15) is 4.79 Å². The van der Waals surface area contributed by atoms with Gasteiger partial charge in [-0.15, -0.1) is 11.3 Å². The highest BCUT2D eigenvalue weighted by Crippen LogP contribution is 2.15. The first kappa shape index (κ1) is 19.0. The number of aryl methyl sites for hydroxylation is 2. The molecule has 8 heteroatoms. The van der Waals surface area contributed by atoms with E-state index in [1.54, 1.807) is 17.7 Å². The third-order valence-electron chi connectivity index (χ3n) is 4.68. The lowest BCUT2D eigenvalue weighted by Crippen LogP contribution is -2.48. The molecular weight excluding hydrogens is 348 g/mol. The van der Waals surface area contributed by atoms with Gasteiger partial charge >= 0.3 is 0 Å². The molecule has 0 aromatic carbocycles. The lowest BCUT2D eigenvalue weighted by atomic mass is 10.0. The average molecular weight is 377 g/mol. The fourth-order valence-corrected chi connectivity index (χ4v) is 4.10. The minimum absolute atomic E-state index is 0.231. The number of carbonyl (C=O) groups is 1. The van der Waals surface area contributed by atoms with Gasteiger partial charge in [0.05, 0.1) is 11.6 Å². The van der Waals surface area contributed by atoms with Gasteiger partial charge in [-0.1, -0.05) is 0 Å². The normalized spacial score (nSPS) is 17.8. The Bertz CT molecular complexity index is 725. The Balaban J connectivity index is 1.47. The summed E-state index contributed by atoms with van der Waals surface area (Å²) in [6.45, 7) is 8.50. The van der Waals surface area contributed by atoms with Gasteiger partial charge in [-0.25, -0.2) is 14.6 Å². The summed E-state index contributed by atoms with van der Waals surface area (Å²) in [7, 11) is 0. The van der Waals surface area contributed by atoms with Crippen LogP contribution in [-0.2, 0) is 17.8 Å². The van der Waals surface area contributed by atoms with E-state index >= 15 is 0 Å². The van der Waals surface area contributed by atoms with E-state index in [1.165, 1.54) is 0 Å². The van der Waals surface area contributed by atoms with Crippen LogP contribution in [0.2, 0.25) is 0 Å². The highest BCUT2D eigenvalue weighted by molar-refractivity contribution is 7.09. The molecule has 7 nitrogen and oxygen atoms in total. The zero-order valence-electron chi connectivity index (χ0n) is 15.8. The smallest absolute Gasteiger partial charge is 0.223 e. The number of hydrogen-bond acceptors (Lipinski definition) is 6. The Morgan fingerprint density at radius 2 is 2.31 bits per heavy atom. The fourth-order valence-electron chi connectivity index (χ4n) is 3.33. The van der Waals surface area contributed by atoms with Crippen molar-refractivity contribution < 1.29 is 4.79 Å². The van der Waals surface area contributed by atoms with Crippen LogP contribution in [0.5, 0.6) is 0 Å². The third-order valence-corrected chi connectivity index (χ3v) is 5.71. The average Bonchev–Trinajstić information content (AvgIpc) is 3.27. The molecule has 142 valence electrons. The van der Waals surface area contributed by atoms with E-state index in [-0.39, 0.29) is 5.91 Å². The number of hydrogen-bond donors (Lipinski definition) is 1. The van der Waals surface area contributed by atoms with E-state index in [4.69, 9.17) is 0 Å². The van der Waals surface area contributed by atoms with Gasteiger partial charge in [0.2, 0.25) is 5.91 Å². The maximum absolute atomic E-state index is 12.5. The summed E-state index contributed by atoms with van der Waals surface area (Å²) >= 11 is 1.64. The van der Waals surface area contributed by atoms with Gasteiger partial charge in [-0.05, 0) is 33.6 Å². The largest absolute Gasteiger partial charge is 0.341 e. The molecule has 1 N–H and O–H groups in total. The number of likely N-dealkylation sites (tertiary alicyclic amines) is 1. The third kappa shape index (κ3) is 4.88. The van der Waals surface area contributed by atoms with Crippen molar-refractivity contribution in [3.8, 4) is 0 Å². The Morgan fingerprint density at radius 3 is 3.04 bits per heavy atom. The number of rotatable bonds is 7. The first-order valence-corrected chi connectivity index (χ1v) is 10.2. The van der Waals surface area contributed by atoms with E-state index < -0.39 is 0 Å². The second kappa shape index (κ2) is 8.73. The van der Waals surface area contributed by atoms with Crippen molar-refractivity contribution in [3.05, 3.63) is 28.2 Å². The molecule has 0 saturated carbocycles. The summed E-state index contributed by atoms with van der Waals surface area (Å²) in [6.07, 6.45) is 5.01. The first-order chi connectivity index (χ1) is 12.5. The minimum Gasteiger partial charge on any atom is -0.341 e. The van der Waals surface area contributed by atoms with E-state index in [0.29, 0.717) is 25.0 Å². The molecule has 1 atom stereocenters. The predicted molar refractivity (Wildman–Crippen MR) is 102 cm³/mol. The van der Waals surface area contributed by atoms with Crippen molar-refractivity contribution >= 4 is 17.2 Å². The molecule has 26 heavy (non-hydrogen) atoms. The van der Waals surface area contributed by atoms with Crippen LogP contribution in [0.25, 0.3) is 0 Å². The maximum Gasteiger partial charge on any atom is 0.223 e. The Labute approximate surface area is 158 Å². The summed E-state index contributed by atoms with van der Waals surface area (Å²) in [5.74, 6) is 1.18. The van der Waals surface area contributed by atoms with Crippen LogP contribution < -0.4 is 5.32 Å². The molecule has 0 radical (unpaired) electrons. The molecule has 3 heterocycles. The summed E-state index contributed by atoms with van der Waals surface area (Å²) < 4.78 is 1.94. The number of piperidine rings is 1. The van der Waals surface area contributed by atoms with Crippen LogP contribution in [0.15, 0.2) is 11.7 Å². The predicted octanol–water partition coefficient (Wildman–Crippen LogP) is 2.34. The second-order valence-electron chi connectivity index (χ2n) is 7.16. The van der Waals surface area contributed by atoms with Crippen molar-refractivity contribution in [3.63, 3.8) is 0 Å². The monoisotopic (exact) mass is 376 g/mol. The molecule has 2 aromatic rings. The van der Waals surface area contributed by atoms with Crippen molar-refractivity contribution in [1.82, 2.24) is 30.0 Å². The summed E-state index contributed by atoms with van der Waals surface area (Å²) in [4.78, 5) is 23.3. The molecule has 1 amide bonds. The van der Waals surface area contributed by atoms with Crippen LogP contribution in [-0.4, -0.2) is 49.7 Å². The van der Waals surface area contributed by atoms with Crippen LogP contribution in [0, 0.1) is 6.92 Å². The van der Waals surface area contributed by atoms with Gasteiger partial charge in [0, 0.05) is 49.1 Å². The van der Waals surface area contributed by atoms with Gasteiger partial charge in [0.15, 0.2) is 0 Å². The van der Waals surface area contributed by atoms with Crippen molar-refractivity contribution in [2.45, 2.75) is 65.1 Å². The highest BCUT2D eigenvalue weighted by atomic mass is 32.1. The molecule has 3 rings (SSSR count). The number of aromatic nitrogens is 4. The molecule has 0 unspecified atom stereocenters. The number of thiazole rings is 1. The van der Waals surface area contributed by atoms with Crippen LogP contribution in [0.4, 0.5) is 0 Å². The summed E-state index contributed by atoms with van der Waals surface area (Å²) in [6, 6.07) is 0.611. The molecule has 1 saturated heterocycles. The summed E-state index contributed by atoms with van der Waals surface area (Å²) in [5, 5.41) is 10.9. The lowest BCUT2D eigenvalue weighted by molar-refractivity contribution is -0.132. The Morgan fingerprint density at radius 1 is 1.46 bits per heavy atom. The maximum atomic E-state index is 12.5. The minimum atomic E-state index is 0.231. The lowest BCUT2D eigenvalue weighted by Gasteiger charge is -2.33. The zero-order valence-corrected chi connectivity index (χ0v) is 16.6. The van der Waals surface area contributed by atoms with Gasteiger partial charge in [-0.2, -0.15) is 5.10 Å². The van der Waals surface area contributed by atoms with Gasteiger partial charge < -0.3 is 10.2 Å². The van der Waals surface area contributed by atoms with Crippen LogP contribution >= 0.6 is 11.3 Å². The standard InChI is InChI=1S/C18H28N6OS/c1-13(2)24-16(20-12-21-24)9-19-15-5-4-8-23(10-15)18(25)7-6-17-22-14(3)11-26-17/h11-13,15,19H,4-10H2,1-3H3/t15-/m0/s1. The van der Waals surface area contributed by atoms with Crippen molar-refractivity contribution in [2.24, 2.45) is 0 Å². The van der Waals surface area contributed by atoms with Gasteiger partial charge in [0.1, 0.15) is 12.2 Å². The van der Waals surface area contributed by atoms with Crippen molar-refractivity contribution in [2.75, 3.05) is 13.1 Å². The van der Waals surface area contributed by atoms with Crippen LogP contribution in [0.1, 0.15) is 55.7 Å². The topological polar surface area (TPSA) is 75.9 Å². The molecule has 1 fully saturated rings. The molecule has 0 bridgehead atoms. The zero-order chi connectivity index (χ0) is 18.5. The number of nitrogens with one attached hydrogen (secondary N) is 1. The number of amides is 1. The van der Waals surface area contributed by atoms with Crippen LogP contribution in [0.3, 0.4) is 0 Å². The summed E-state index contributed by atoms with van der Waals surface area (Å²) in [5.41, 5.74) is 1.04. The van der Waals surface area contributed by atoms with E-state index in [1.807, 2.05) is 21.9 Å². The fraction of sp³-hybridized carbons (Fsp3) is 0.667. The highest BCUT2D eigenvalue weighted by Gasteiger charge is 2.23. The first-order valence-electron chi connectivity index (χ1n) is 9.33. The quantitative estimate of drug-likeness (QED) is 0.803. The molecular formula is C18H28N6OS. The Kier molecular flexibility index (Phi) is 6.37. The molecule has 1 aliphatic rings. The van der Waals surface area contributed by atoms with Gasteiger partial charge in [0.25, 0.3) is 0 Å². The molecule has 0 aliphatic carbocycles. The van der Waals surface area contributed by atoms with E-state index in [0.717, 1.165) is 48.9 Å².